The number of ether oxygens (including phenoxy) is 3. The zero-order valence-electron chi connectivity index (χ0n) is 17.3. The van der Waals surface area contributed by atoms with E-state index >= 15 is 0 Å². The summed E-state index contributed by atoms with van der Waals surface area (Å²) in [5.74, 6) is 2.69. The van der Waals surface area contributed by atoms with Crippen molar-refractivity contribution in [2.45, 2.75) is 61.3 Å². The molecule has 8 rings (SSSR count). The second-order valence-electron chi connectivity index (χ2n) is 10.3. The van der Waals surface area contributed by atoms with Gasteiger partial charge in [0.15, 0.2) is 11.5 Å². The summed E-state index contributed by atoms with van der Waals surface area (Å²) in [7, 11) is 3.54. The van der Waals surface area contributed by atoms with Crippen LogP contribution in [0.25, 0.3) is 0 Å². The van der Waals surface area contributed by atoms with Crippen LogP contribution in [0.4, 0.5) is 0 Å². The molecular weight excluding hydrogens is 364 g/mol. The lowest BCUT2D eigenvalue weighted by atomic mass is 9.38. The van der Waals surface area contributed by atoms with Crippen molar-refractivity contribution in [1.82, 2.24) is 4.90 Å². The van der Waals surface area contributed by atoms with Crippen LogP contribution in [0.3, 0.4) is 0 Å². The van der Waals surface area contributed by atoms with Crippen LogP contribution in [-0.2, 0) is 16.6 Å². The van der Waals surface area contributed by atoms with Gasteiger partial charge in [-0.1, -0.05) is 18.2 Å². The molecule has 1 aromatic carbocycles. The van der Waals surface area contributed by atoms with E-state index in [1.54, 1.807) is 14.2 Å². The van der Waals surface area contributed by atoms with Crippen molar-refractivity contribution in [3.05, 3.63) is 35.4 Å². The molecule has 4 bridgehead atoms. The van der Waals surface area contributed by atoms with Crippen molar-refractivity contribution < 1.29 is 14.2 Å². The van der Waals surface area contributed by atoms with Crippen molar-refractivity contribution in [1.29, 1.82) is 0 Å². The first-order valence-corrected chi connectivity index (χ1v) is 11.2. The van der Waals surface area contributed by atoms with Gasteiger partial charge in [0, 0.05) is 36.7 Å². The van der Waals surface area contributed by atoms with Gasteiger partial charge in [-0.05, 0) is 56.2 Å². The molecule has 2 aliphatic heterocycles. The highest BCUT2D eigenvalue weighted by Gasteiger charge is 2.78. The summed E-state index contributed by atoms with van der Waals surface area (Å²) < 4.78 is 18.8. The highest BCUT2D eigenvalue weighted by atomic mass is 16.6. The Hall–Kier alpha value is -1.56. The molecule has 3 fully saturated rings. The SMILES string of the molecule is COc1ccc2c3c1O[C@H]1[C@@]4(OC)C=C[C@]5(C[C@@H]4N)[C@@H](C2)N(CC2CC2)CC[C@]315. The van der Waals surface area contributed by atoms with Crippen LogP contribution >= 0.6 is 0 Å². The lowest BCUT2D eigenvalue weighted by molar-refractivity contribution is -0.197. The van der Waals surface area contributed by atoms with Crippen LogP contribution in [0.2, 0.25) is 0 Å². The monoisotopic (exact) mass is 394 g/mol. The standard InChI is InChI=1S/C24H30N2O3/c1-27-16-6-5-15-11-18-22-7-8-24(28-2,17(25)12-22)21-23(22,19(15)20(16)29-21)9-10-26(18)13-14-3-4-14/h5-8,14,17-18,21H,3-4,9-13,25H2,1-2H3/t17-,18+,21+,22-,23-,24+/m0/s1. The molecule has 1 saturated heterocycles. The number of hydrogen-bond donors (Lipinski definition) is 1. The van der Waals surface area contributed by atoms with E-state index in [2.05, 4.69) is 29.2 Å². The fourth-order valence-electron chi connectivity index (χ4n) is 7.98. The largest absolute Gasteiger partial charge is 0.493 e. The minimum atomic E-state index is -0.566. The molecule has 29 heavy (non-hydrogen) atoms. The second kappa shape index (κ2) is 5.19. The number of fused-ring (bicyclic) bond motifs is 1. The number of nitrogens with two attached hydrogens (primary N) is 1. The number of likely N-dealkylation sites (tertiary alicyclic amines) is 1. The quantitative estimate of drug-likeness (QED) is 0.795. The van der Waals surface area contributed by atoms with E-state index < -0.39 is 5.60 Å². The van der Waals surface area contributed by atoms with Crippen LogP contribution < -0.4 is 15.2 Å². The van der Waals surface area contributed by atoms with E-state index in [1.807, 2.05) is 0 Å². The maximum atomic E-state index is 6.86. The Morgan fingerprint density at radius 1 is 1.24 bits per heavy atom. The van der Waals surface area contributed by atoms with Gasteiger partial charge >= 0.3 is 0 Å². The van der Waals surface area contributed by atoms with Crippen LogP contribution in [0, 0.1) is 11.3 Å². The van der Waals surface area contributed by atoms with E-state index in [0.717, 1.165) is 43.2 Å². The Morgan fingerprint density at radius 2 is 2.10 bits per heavy atom. The molecule has 5 nitrogen and oxygen atoms in total. The lowest BCUT2D eigenvalue weighted by Gasteiger charge is -2.71. The Balaban J connectivity index is 1.51. The predicted octanol–water partition coefficient (Wildman–Crippen LogP) is 2.41. The third-order valence-electron chi connectivity index (χ3n) is 9.36. The smallest absolute Gasteiger partial charge is 0.166 e. The topological polar surface area (TPSA) is 57.0 Å². The molecule has 0 amide bonds. The van der Waals surface area contributed by atoms with Crippen LogP contribution in [-0.4, -0.2) is 56.0 Å². The molecule has 7 aliphatic rings. The highest BCUT2D eigenvalue weighted by molar-refractivity contribution is 5.65. The first kappa shape index (κ1) is 17.2. The van der Waals surface area contributed by atoms with Crippen molar-refractivity contribution in [3.63, 3.8) is 0 Å². The van der Waals surface area contributed by atoms with E-state index in [9.17, 15) is 0 Å². The number of nitrogens with zero attached hydrogens (tertiary/aromatic N) is 1. The van der Waals surface area contributed by atoms with Crippen LogP contribution in [0.1, 0.15) is 36.8 Å². The van der Waals surface area contributed by atoms with Gasteiger partial charge in [0.1, 0.15) is 11.7 Å². The third-order valence-corrected chi connectivity index (χ3v) is 9.36. The van der Waals surface area contributed by atoms with Gasteiger partial charge in [0.2, 0.25) is 0 Å². The predicted molar refractivity (Wildman–Crippen MR) is 109 cm³/mol. The average molecular weight is 395 g/mol. The van der Waals surface area contributed by atoms with Gasteiger partial charge in [-0.25, -0.2) is 0 Å². The van der Waals surface area contributed by atoms with Crippen molar-refractivity contribution in [2.75, 3.05) is 27.3 Å². The Kier molecular flexibility index (Phi) is 3.07. The zero-order chi connectivity index (χ0) is 19.6. The van der Waals surface area contributed by atoms with Crippen molar-refractivity contribution >= 4 is 0 Å². The van der Waals surface area contributed by atoms with Gasteiger partial charge in [-0.3, -0.25) is 4.90 Å². The van der Waals surface area contributed by atoms with Gasteiger partial charge < -0.3 is 19.9 Å². The van der Waals surface area contributed by atoms with Gasteiger partial charge in [-0.15, -0.1) is 0 Å². The third kappa shape index (κ3) is 1.70. The first-order chi connectivity index (χ1) is 14.1. The summed E-state index contributed by atoms with van der Waals surface area (Å²) in [6, 6.07) is 4.82. The minimum Gasteiger partial charge on any atom is -0.493 e. The van der Waals surface area contributed by atoms with Crippen LogP contribution in [0.15, 0.2) is 24.3 Å². The Morgan fingerprint density at radius 3 is 2.83 bits per heavy atom. The van der Waals surface area contributed by atoms with Crippen molar-refractivity contribution in [2.24, 2.45) is 17.1 Å². The molecule has 5 heteroatoms. The number of rotatable bonds is 4. The minimum absolute atomic E-state index is 0.0229. The summed E-state index contributed by atoms with van der Waals surface area (Å²) in [5.41, 5.74) is 9.11. The van der Waals surface area contributed by atoms with E-state index in [1.165, 1.54) is 30.5 Å². The molecule has 1 aromatic rings. The maximum absolute atomic E-state index is 6.86. The average Bonchev–Trinajstić information content (AvgIpc) is 3.47. The molecule has 154 valence electrons. The summed E-state index contributed by atoms with van der Waals surface area (Å²) in [4.78, 5) is 2.80. The van der Waals surface area contributed by atoms with Gasteiger partial charge in [0.05, 0.1) is 12.5 Å². The molecule has 2 heterocycles. The van der Waals surface area contributed by atoms with Gasteiger partial charge in [0.25, 0.3) is 0 Å². The van der Waals surface area contributed by atoms with E-state index in [4.69, 9.17) is 19.9 Å². The normalized spacial score (nSPS) is 45.8. The van der Waals surface area contributed by atoms with E-state index in [0.29, 0.717) is 6.04 Å². The summed E-state index contributed by atoms with van der Waals surface area (Å²) in [6.45, 7) is 2.38. The number of methoxy groups -OCH3 is 2. The Labute approximate surface area is 172 Å². The summed E-state index contributed by atoms with van der Waals surface area (Å²) >= 11 is 0. The molecule has 0 unspecified atom stereocenters. The van der Waals surface area contributed by atoms with Crippen molar-refractivity contribution in [3.8, 4) is 11.5 Å². The highest BCUT2D eigenvalue weighted by Crippen LogP contribution is 2.73. The summed E-state index contributed by atoms with van der Waals surface area (Å²) in [5, 5.41) is 0. The number of hydrogen-bond acceptors (Lipinski definition) is 5. The number of benzene rings is 1. The molecular formula is C24H30N2O3. The molecule has 6 atom stereocenters. The molecule has 2 spiro atoms. The zero-order valence-corrected chi connectivity index (χ0v) is 17.3. The molecule has 2 N–H and O–H groups in total. The second-order valence-corrected chi connectivity index (χ2v) is 10.3. The molecule has 0 radical (unpaired) electrons. The Bertz CT molecular complexity index is 942. The maximum Gasteiger partial charge on any atom is 0.166 e. The lowest BCUT2D eigenvalue weighted by Crippen LogP contribution is -2.81. The van der Waals surface area contributed by atoms with Gasteiger partial charge in [-0.2, -0.15) is 0 Å². The van der Waals surface area contributed by atoms with Crippen LogP contribution in [0.5, 0.6) is 11.5 Å². The summed E-state index contributed by atoms with van der Waals surface area (Å²) in [6.07, 6.45) is 10.6. The first-order valence-electron chi connectivity index (χ1n) is 11.2. The molecule has 2 saturated carbocycles. The van der Waals surface area contributed by atoms with E-state index in [-0.39, 0.29) is 23.0 Å². The molecule has 0 aromatic heterocycles. The molecule has 5 aliphatic carbocycles. The fourth-order valence-corrected chi connectivity index (χ4v) is 7.98. The fraction of sp³-hybridized carbons (Fsp3) is 0.667. The number of piperidine rings is 1.